The van der Waals surface area contributed by atoms with Gasteiger partial charge in [-0.1, -0.05) is 11.6 Å². The first-order chi connectivity index (χ1) is 11.0. The van der Waals surface area contributed by atoms with Gasteiger partial charge in [-0.15, -0.1) is 0 Å². The molecule has 2 aromatic rings. The third-order valence-corrected chi connectivity index (χ3v) is 3.24. The Kier molecular flexibility index (Phi) is 5.71. The molecule has 0 aliphatic carbocycles. The Hall–Kier alpha value is -2.40. The number of anilines is 3. The van der Waals surface area contributed by atoms with Gasteiger partial charge in [-0.25, -0.2) is 4.79 Å². The fourth-order valence-electron chi connectivity index (χ4n) is 2.00. The summed E-state index contributed by atoms with van der Waals surface area (Å²) in [5.41, 5.74) is 2.35. The smallest absolute Gasteiger partial charge is 0.319 e. The van der Waals surface area contributed by atoms with Crippen LogP contribution in [-0.4, -0.2) is 19.2 Å². The first-order valence-electron chi connectivity index (χ1n) is 7.26. The Morgan fingerprint density at radius 1 is 1.09 bits per heavy atom. The largest absolute Gasteiger partial charge is 0.495 e. The quantitative estimate of drug-likeness (QED) is 0.748. The Bertz CT molecular complexity index is 672. The van der Waals surface area contributed by atoms with Crippen LogP contribution in [0.3, 0.4) is 0 Å². The third kappa shape index (κ3) is 5.07. The molecule has 0 atom stereocenters. The maximum Gasteiger partial charge on any atom is 0.319 e. The molecule has 2 amide bonds. The zero-order chi connectivity index (χ0) is 16.8. The van der Waals surface area contributed by atoms with E-state index >= 15 is 0 Å². The van der Waals surface area contributed by atoms with Crippen LogP contribution in [0.2, 0.25) is 5.02 Å². The Morgan fingerprint density at radius 3 is 2.35 bits per heavy atom. The number of carbonyl (C=O) groups excluding carboxylic acids is 1. The number of hydrogen-bond donors (Lipinski definition) is 3. The number of ether oxygens (including phenoxy) is 1. The van der Waals surface area contributed by atoms with Crippen molar-refractivity contribution in [1.82, 2.24) is 5.32 Å². The van der Waals surface area contributed by atoms with Gasteiger partial charge in [0.1, 0.15) is 5.75 Å². The lowest BCUT2D eigenvalue weighted by molar-refractivity contribution is 0.250. The number of methoxy groups -OCH3 is 1. The molecule has 0 radical (unpaired) electrons. The van der Waals surface area contributed by atoms with Crippen molar-refractivity contribution in [1.29, 1.82) is 0 Å². The van der Waals surface area contributed by atoms with Crippen LogP contribution >= 0.6 is 11.6 Å². The van der Waals surface area contributed by atoms with Gasteiger partial charge in [0.05, 0.1) is 12.8 Å². The molecule has 3 N–H and O–H groups in total. The van der Waals surface area contributed by atoms with Gasteiger partial charge < -0.3 is 20.7 Å². The van der Waals surface area contributed by atoms with E-state index in [0.717, 1.165) is 11.4 Å². The van der Waals surface area contributed by atoms with Gasteiger partial charge in [0, 0.05) is 22.4 Å². The van der Waals surface area contributed by atoms with E-state index < -0.39 is 0 Å². The number of nitrogens with one attached hydrogen (secondary N) is 3. The van der Waals surface area contributed by atoms with Crippen LogP contribution in [0.1, 0.15) is 13.8 Å². The number of carbonyl (C=O) groups is 1. The van der Waals surface area contributed by atoms with Crippen molar-refractivity contribution >= 4 is 34.7 Å². The molecule has 0 bridgehead atoms. The van der Waals surface area contributed by atoms with E-state index in [0.29, 0.717) is 16.5 Å². The van der Waals surface area contributed by atoms with E-state index in [1.165, 1.54) is 0 Å². The summed E-state index contributed by atoms with van der Waals surface area (Å²) in [5, 5.41) is 9.40. The summed E-state index contributed by atoms with van der Waals surface area (Å²) in [6.07, 6.45) is 0. The second kappa shape index (κ2) is 7.74. The molecule has 0 unspecified atom stereocenters. The Morgan fingerprint density at radius 2 is 1.74 bits per heavy atom. The number of amides is 2. The predicted molar refractivity (Wildman–Crippen MR) is 95.0 cm³/mol. The highest BCUT2D eigenvalue weighted by Crippen LogP contribution is 2.30. The monoisotopic (exact) mass is 333 g/mol. The summed E-state index contributed by atoms with van der Waals surface area (Å²) in [7, 11) is 1.61. The molecular weight excluding hydrogens is 314 g/mol. The number of rotatable bonds is 5. The van der Waals surface area contributed by atoms with E-state index in [4.69, 9.17) is 16.3 Å². The van der Waals surface area contributed by atoms with Crippen molar-refractivity contribution in [3.05, 3.63) is 47.5 Å². The van der Waals surface area contributed by atoms with Crippen LogP contribution < -0.4 is 20.7 Å². The molecule has 122 valence electrons. The number of halogens is 1. The van der Waals surface area contributed by atoms with E-state index in [-0.39, 0.29) is 12.1 Å². The topological polar surface area (TPSA) is 62.4 Å². The van der Waals surface area contributed by atoms with Gasteiger partial charge in [-0.05, 0) is 56.3 Å². The molecule has 5 nitrogen and oxygen atoms in total. The zero-order valence-corrected chi connectivity index (χ0v) is 14.1. The zero-order valence-electron chi connectivity index (χ0n) is 13.3. The van der Waals surface area contributed by atoms with Crippen molar-refractivity contribution in [2.75, 3.05) is 17.7 Å². The molecule has 0 aliphatic rings. The Balaban J connectivity index is 2.06. The van der Waals surface area contributed by atoms with Gasteiger partial charge in [0.25, 0.3) is 0 Å². The fourth-order valence-corrected chi connectivity index (χ4v) is 2.17. The van der Waals surface area contributed by atoms with Crippen LogP contribution in [0, 0.1) is 0 Å². The highest BCUT2D eigenvalue weighted by molar-refractivity contribution is 6.31. The standard InChI is InChI=1S/C17H20ClN3O2/c1-11(2)19-17(22)21-14-7-5-13(6-8-14)20-15-10-12(18)4-9-16(15)23-3/h4-11,20H,1-3H3,(H2,19,21,22). The minimum Gasteiger partial charge on any atom is -0.495 e. The molecule has 2 aromatic carbocycles. The Labute approximate surface area is 141 Å². The molecule has 0 heterocycles. The average Bonchev–Trinajstić information content (AvgIpc) is 2.48. The van der Waals surface area contributed by atoms with Gasteiger partial charge >= 0.3 is 6.03 Å². The molecule has 2 rings (SSSR count). The van der Waals surface area contributed by atoms with Gasteiger partial charge in [-0.3, -0.25) is 0 Å². The molecule has 0 fully saturated rings. The van der Waals surface area contributed by atoms with Crippen LogP contribution in [0.15, 0.2) is 42.5 Å². The normalized spacial score (nSPS) is 10.3. The summed E-state index contributed by atoms with van der Waals surface area (Å²) in [5.74, 6) is 0.702. The highest BCUT2D eigenvalue weighted by atomic mass is 35.5. The molecule has 6 heteroatoms. The summed E-state index contributed by atoms with van der Waals surface area (Å²) in [6.45, 7) is 3.82. The molecule has 0 aliphatic heterocycles. The lowest BCUT2D eigenvalue weighted by Crippen LogP contribution is -2.34. The maximum atomic E-state index is 11.7. The summed E-state index contributed by atoms with van der Waals surface area (Å²) < 4.78 is 5.30. The van der Waals surface area contributed by atoms with Crippen LogP contribution in [-0.2, 0) is 0 Å². The molecule has 0 saturated heterocycles. The van der Waals surface area contributed by atoms with E-state index in [1.807, 2.05) is 38.1 Å². The SMILES string of the molecule is COc1ccc(Cl)cc1Nc1ccc(NC(=O)NC(C)C)cc1. The van der Waals surface area contributed by atoms with E-state index in [1.54, 1.807) is 25.3 Å². The molecular formula is C17H20ClN3O2. The average molecular weight is 334 g/mol. The van der Waals surface area contributed by atoms with Crippen LogP contribution in [0.5, 0.6) is 5.75 Å². The third-order valence-electron chi connectivity index (χ3n) is 3.00. The second-order valence-electron chi connectivity index (χ2n) is 5.30. The van der Waals surface area contributed by atoms with Gasteiger partial charge in [-0.2, -0.15) is 0 Å². The van der Waals surface area contributed by atoms with Crippen LogP contribution in [0.4, 0.5) is 21.9 Å². The van der Waals surface area contributed by atoms with Crippen molar-refractivity contribution in [2.24, 2.45) is 0 Å². The van der Waals surface area contributed by atoms with Gasteiger partial charge in [0.2, 0.25) is 0 Å². The number of hydrogen-bond acceptors (Lipinski definition) is 3. The van der Waals surface area contributed by atoms with E-state index in [2.05, 4.69) is 16.0 Å². The molecule has 0 aromatic heterocycles. The number of urea groups is 1. The molecule has 0 saturated carbocycles. The summed E-state index contributed by atoms with van der Waals surface area (Å²) in [4.78, 5) is 11.7. The molecule has 0 spiro atoms. The minimum atomic E-state index is -0.225. The van der Waals surface area contributed by atoms with Crippen LogP contribution in [0.25, 0.3) is 0 Å². The summed E-state index contributed by atoms with van der Waals surface area (Å²) in [6, 6.07) is 12.6. The lowest BCUT2D eigenvalue weighted by Gasteiger charge is -2.13. The number of benzene rings is 2. The fraction of sp³-hybridized carbons (Fsp3) is 0.235. The van der Waals surface area contributed by atoms with E-state index in [9.17, 15) is 4.79 Å². The van der Waals surface area contributed by atoms with Crippen molar-refractivity contribution in [3.63, 3.8) is 0 Å². The van der Waals surface area contributed by atoms with Crippen molar-refractivity contribution in [3.8, 4) is 5.75 Å². The first kappa shape index (κ1) is 17.0. The highest BCUT2D eigenvalue weighted by Gasteiger charge is 2.06. The van der Waals surface area contributed by atoms with Crippen molar-refractivity contribution in [2.45, 2.75) is 19.9 Å². The second-order valence-corrected chi connectivity index (χ2v) is 5.74. The maximum absolute atomic E-state index is 11.7. The summed E-state index contributed by atoms with van der Waals surface area (Å²) >= 11 is 6.01. The lowest BCUT2D eigenvalue weighted by atomic mass is 10.2. The first-order valence-corrected chi connectivity index (χ1v) is 7.64. The molecule has 23 heavy (non-hydrogen) atoms. The minimum absolute atomic E-state index is 0.0891. The van der Waals surface area contributed by atoms with Crippen molar-refractivity contribution < 1.29 is 9.53 Å². The predicted octanol–water partition coefficient (Wildman–Crippen LogP) is 4.62. The van der Waals surface area contributed by atoms with Gasteiger partial charge in [0.15, 0.2) is 0 Å².